The first kappa shape index (κ1) is 22.0. The lowest BCUT2D eigenvalue weighted by Crippen LogP contribution is -2.43. The van der Waals surface area contributed by atoms with Crippen molar-refractivity contribution in [3.8, 4) is 5.75 Å². The molecule has 5 nitrogen and oxygen atoms in total. The summed E-state index contributed by atoms with van der Waals surface area (Å²) in [5, 5.41) is 1.97. The fourth-order valence-electron chi connectivity index (χ4n) is 3.55. The first-order chi connectivity index (χ1) is 15.5. The van der Waals surface area contributed by atoms with Crippen LogP contribution >= 0.6 is 11.3 Å². The molecular weight excluding hydrogens is 427 g/mol. The number of nitrogens with zero attached hydrogens (tertiary/aromatic N) is 2. The zero-order valence-corrected chi connectivity index (χ0v) is 18.7. The number of hydrogen-bond donors (Lipinski definition) is 0. The molecule has 2 amide bonds. The Morgan fingerprint density at radius 2 is 1.84 bits per heavy atom. The van der Waals surface area contributed by atoms with Crippen LogP contribution in [0.2, 0.25) is 0 Å². The number of benzene rings is 2. The highest BCUT2D eigenvalue weighted by Crippen LogP contribution is 2.29. The molecule has 0 spiro atoms. The minimum absolute atomic E-state index is 0.00722. The average Bonchev–Trinajstić information content (AvgIpc) is 3.53. The van der Waals surface area contributed by atoms with E-state index in [4.69, 9.17) is 4.74 Å². The maximum absolute atomic E-state index is 13.4. The van der Waals surface area contributed by atoms with Crippen molar-refractivity contribution >= 4 is 23.2 Å². The smallest absolute Gasteiger partial charge is 0.254 e. The predicted octanol–water partition coefficient (Wildman–Crippen LogP) is 4.73. The van der Waals surface area contributed by atoms with E-state index in [9.17, 15) is 14.0 Å². The molecule has 1 saturated carbocycles. The third kappa shape index (κ3) is 5.53. The van der Waals surface area contributed by atoms with Crippen LogP contribution in [0.25, 0.3) is 0 Å². The van der Waals surface area contributed by atoms with Gasteiger partial charge in [-0.3, -0.25) is 9.59 Å². The van der Waals surface area contributed by atoms with Gasteiger partial charge in [0.1, 0.15) is 18.1 Å². The first-order valence-electron chi connectivity index (χ1n) is 10.5. The molecule has 0 N–H and O–H groups in total. The van der Waals surface area contributed by atoms with Crippen LogP contribution in [0, 0.1) is 5.82 Å². The van der Waals surface area contributed by atoms with Gasteiger partial charge in [0.15, 0.2) is 0 Å². The summed E-state index contributed by atoms with van der Waals surface area (Å²) in [7, 11) is 1.56. The van der Waals surface area contributed by atoms with Crippen molar-refractivity contribution in [1.82, 2.24) is 9.80 Å². The van der Waals surface area contributed by atoms with Crippen molar-refractivity contribution in [3.05, 3.63) is 87.9 Å². The summed E-state index contributed by atoms with van der Waals surface area (Å²) in [5.74, 6) is -0.00860. The Bertz CT molecular complexity index is 1070. The van der Waals surface area contributed by atoms with E-state index < -0.39 is 0 Å². The molecule has 7 heteroatoms. The Morgan fingerprint density at radius 1 is 1.06 bits per heavy atom. The number of halogens is 1. The van der Waals surface area contributed by atoms with Gasteiger partial charge in [-0.2, -0.15) is 0 Å². The third-order valence-corrected chi connectivity index (χ3v) is 6.30. The average molecular weight is 453 g/mol. The zero-order valence-electron chi connectivity index (χ0n) is 17.9. The first-order valence-corrected chi connectivity index (χ1v) is 11.4. The maximum Gasteiger partial charge on any atom is 0.254 e. The fraction of sp³-hybridized carbons (Fsp3) is 0.280. The van der Waals surface area contributed by atoms with Gasteiger partial charge in [-0.15, -0.1) is 11.3 Å². The fourth-order valence-corrected chi connectivity index (χ4v) is 4.27. The van der Waals surface area contributed by atoms with Crippen LogP contribution in [0.3, 0.4) is 0 Å². The molecule has 0 aliphatic heterocycles. The topological polar surface area (TPSA) is 49.9 Å². The van der Waals surface area contributed by atoms with Gasteiger partial charge in [0.2, 0.25) is 5.91 Å². The molecule has 0 radical (unpaired) electrons. The van der Waals surface area contributed by atoms with Gasteiger partial charge < -0.3 is 14.5 Å². The van der Waals surface area contributed by atoms with Crippen LogP contribution in [0.15, 0.2) is 66.0 Å². The second-order valence-corrected chi connectivity index (χ2v) is 8.88. The third-order valence-electron chi connectivity index (χ3n) is 5.44. The van der Waals surface area contributed by atoms with Crippen molar-refractivity contribution in [2.45, 2.75) is 32.0 Å². The van der Waals surface area contributed by atoms with Gasteiger partial charge in [0.05, 0.1) is 13.7 Å². The molecule has 32 heavy (non-hydrogen) atoms. The van der Waals surface area contributed by atoms with Gasteiger partial charge in [-0.05, 0) is 60.2 Å². The molecule has 0 bridgehead atoms. The Balaban J connectivity index is 1.52. The zero-order chi connectivity index (χ0) is 22.5. The molecule has 1 aromatic heterocycles. The van der Waals surface area contributed by atoms with E-state index in [1.54, 1.807) is 64.6 Å². The van der Waals surface area contributed by atoms with Gasteiger partial charge in [0.25, 0.3) is 5.91 Å². The number of ether oxygens (including phenoxy) is 1. The van der Waals surface area contributed by atoms with E-state index in [-0.39, 0.29) is 30.2 Å². The largest absolute Gasteiger partial charge is 0.497 e. The molecule has 1 aliphatic rings. The monoisotopic (exact) mass is 452 g/mol. The maximum atomic E-state index is 13.4. The lowest BCUT2D eigenvalue weighted by atomic mass is 10.1. The molecule has 1 aliphatic carbocycles. The second kappa shape index (κ2) is 9.96. The van der Waals surface area contributed by atoms with Gasteiger partial charge in [0, 0.05) is 23.0 Å². The summed E-state index contributed by atoms with van der Waals surface area (Å²) in [4.78, 5) is 31.1. The Labute approximate surface area is 191 Å². The molecule has 3 aromatic rings. The number of rotatable bonds is 9. The van der Waals surface area contributed by atoms with Crippen LogP contribution in [0.5, 0.6) is 5.75 Å². The molecule has 0 atom stereocenters. The van der Waals surface area contributed by atoms with Crippen LogP contribution in [0.4, 0.5) is 4.39 Å². The molecule has 2 aromatic carbocycles. The molecular formula is C25H25FN2O3S. The highest BCUT2D eigenvalue weighted by molar-refractivity contribution is 7.09. The normalized spacial score (nSPS) is 12.9. The van der Waals surface area contributed by atoms with E-state index in [1.807, 2.05) is 17.5 Å². The summed E-state index contributed by atoms with van der Waals surface area (Å²) in [6.07, 6.45) is 1.79. The molecule has 1 fully saturated rings. The Morgan fingerprint density at radius 3 is 2.50 bits per heavy atom. The highest BCUT2D eigenvalue weighted by Gasteiger charge is 2.35. The van der Waals surface area contributed by atoms with E-state index in [0.29, 0.717) is 24.4 Å². The van der Waals surface area contributed by atoms with E-state index in [1.165, 1.54) is 12.1 Å². The van der Waals surface area contributed by atoms with E-state index in [2.05, 4.69) is 0 Å². The summed E-state index contributed by atoms with van der Waals surface area (Å²) in [5.41, 5.74) is 1.35. The summed E-state index contributed by atoms with van der Waals surface area (Å²) in [6.45, 7) is 0.801. The van der Waals surface area contributed by atoms with Crippen molar-refractivity contribution in [2.75, 3.05) is 13.7 Å². The van der Waals surface area contributed by atoms with Gasteiger partial charge >= 0.3 is 0 Å². The lowest BCUT2D eigenvalue weighted by Gasteiger charge is -2.28. The minimum Gasteiger partial charge on any atom is -0.497 e. The standard InChI is InChI=1S/C25H25FN2O3S/c1-31-22-5-2-4-19(14-22)25(30)28(21-11-12-21)17-24(29)27(16-23-6-3-13-32-23)15-18-7-9-20(26)10-8-18/h2-10,13-14,21H,11-12,15-17H2,1H3. The number of thiophene rings is 1. The SMILES string of the molecule is COc1cccc(C(=O)N(CC(=O)N(Cc2ccc(F)cc2)Cc2cccs2)C2CC2)c1. The van der Waals surface area contributed by atoms with Gasteiger partial charge in [-0.1, -0.05) is 24.3 Å². The number of hydrogen-bond acceptors (Lipinski definition) is 4. The number of carbonyl (C=O) groups excluding carboxylic acids is 2. The molecule has 4 rings (SSSR count). The second-order valence-electron chi connectivity index (χ2n) is 7.85. The molecule has 0 saturated heterocycles. The Hall–Kier alpha value is -3.19. The molecule has 166 valence electrons. The van der Waals surface area contributed by atoms with E-state index >= 15 is 0 Å². The Kier molecular flexibility index (Phi) is 6.85. The van der Waals surface area contributed by atoms with Crippen LogP contribution in [-0.4, -0.2) is 41.3 Å². The van der Waals surface area contributed by atoms with Crippen LogP contribution in [-0.2, 0) is 17.9 Å². The van der Waals surface area contributed by atoms with Gasteiger partial charge in [-0.25, -0.2) is 4.39 Å². The van der Waals surface area contributed by atoms with E-state index in [0.717, 1.165) is 23.3 Å². The van der Waals surface area contributed by atoms with Crippen LogP contribution in [0.1, 0.15) is 33.6 Å². The number of amides is 2. The molecule has 1 heterocycles. The van der Waals surface area contributed by atoms with Crippen molar-refractivity contribution in [2.24, 2.45) is 0 Å². The number of methoxy groups -OCH3 is 1. The minimum atomic E-state index is -0.311. The van der Waals surface area contributed by atoms with Crippen molar-refractivity contribution in [1.29, 1.82) is 0 Å². The van der Waals surface area contributed by atoms with Crippen molar-refractivity contribution < 1.29 is 18.7 Å². The van der Waals surface area contributed by atoms with Crippen LogP contribution < -0.4 is 4.74 Å². The lowest BCUT2D eigenvalue weighted by molar-refractivity contribution is -0.133. The predicted molar refractivity (Wildman–Crippen MR) is 122 cm³/mol. The summed E-state index contributed by atoms with van der Waals surface area (Å²) < 4.78 is 18.6. The van der Waals surface area contributed by atoms with Crippen molar-refractivity contribution in [3.63, 3.8) is 0 Å². The quantitative estimate of drug-likeness (QED) is 0.472. The highest BCUT2D eigenvalue weighted by atomic mass is 32.1. The summed E-state index contributed by atoms with van der Waals surface area (Å²) in [6, 6.07) is 17.2. The molecule has 0 unspecified atom stereocenters. The number of carbonyl (C=O) groups is 2. The summed E-state index contributed by atoms with van der Waals surface area (Å²) >= 11 is 1.58.